The molecule has 1 fully saturated rings. The van der Waals surface area contributed by atoms with Crippen molar-refractivity contribution in [3.63, 3.8) is 0 Å². The van der Waals surface area contributed by atoms with Crippen LogP contribution in [0.15, 0.2) is 53.5 Å². The Hall–Kier alpha value is -2.35. The molecule has 3 aromatic rings. The van der Waals surface area contributed by atoms with E-state index in [2.05, 4.69) is 48.7 Å². The Morgan fingerprint density at radius 3 is 2.29 bits per heavy atom. The lowest BCUT2D eigenvalue weighted by Gasteiger charge is -2.36. The number of aromatic nitrogens is 3. The Morgan fingerprint density at radius 2 is 1.66 bits per heavy atom. The molecule has 1 aliphatic heterocycles. The van der Waals surface area contributed by atoms with E-state index >= 15 is 0 Å². The molecular weight excluding hydrogens is 462 g/mol. The van der Waals surface area contributed by atoms with Gasteiger partial charge in [0.1, 0.15) is 0 Å². The number of benzene rings is 1. The Balaban J connectivity index is 0.000000327. The quantitative estimate of drug-likeness (QED) is 0.426. The van der Waals surface area contributed by atoms with Gasteiger partial charge >= 0.3 is 5.69 Å². The lowest BCUT2D eigenvalue weighted by molar-refractivity contribution is 0.0886. The number of anilines is 1. The number of nitrogens with zero attached hydrogens (tertiary/aromatic N) is 5. The molecule has 1 aromatic carbocycles. The summed E-state index contributed by atoms with van der Waals surface area (Å²) in [6, 6.07) is 13.6. The first-order chi connectivity index (χ1) is 16.8. The molecule has 35 heavy (non-hydrogen) atoms. The average molecular weight is 502 g/mol. The van der Waals surface area contributed by atoms with E-state index in [1.165, 1.54) is 5.69 Å². The van der Waals surface area contributed by atoms with Crippen molar-refractivity contribution in [3.05, 3.63) is 64.2 Å². The highest BCUT2D eigenvalue weighted by Gasteiger charge is 2.17. The van der Waals surface area contributed by atoms with Crippen LogP contribution < -0.4 is 10.6 Å². The summed E-state index contributed by atoms with van der Waals surface area (Å²) in [4.78, 5) is 17.1. The molecule has 2 aromatic heterocycles. The molecule has 0 bridgehead atoms. The summed E-state index contributed by atoms with van der Waals surface area (Å²) in [5.74, 6) is 1.34. The lowest BCUT2D eigenvalue weighted by atomic mass is 10.2. The molecule has 4 rings (SSSR count). The van der Waals surface area contributed by atoms with Gasteiger partial charge in [-0.1, -0.05) is 51.4 Å². The predicted octanol–water partition coefficient (Wildman–Crippen LogP) is 4.68. The van der Waals surface area contributed by atoms with E-state index in [-0.39, 0.29) is 5.69 Å². The molecule has 1 saturated heterocycles. The molecular formula is C27H40ClN5O2. The number of halogens is 1. The van der Waals surface area contributed by atoms with Crippen LogP contribution in [0.4, 0.5) is 5.69 Å². The van der Waals surface area contributed by atoms with Gasteiger partial charge < -0.3 is 9.64 Å². The maximum Gasteiger partial charge on any atom is 0.350 e. The van der Waals surface area contributed by atoms with Crippen LogP contribution in [0, 0.1) is 11.8 Å². The minimum Gasteiger partial charge on any atom is -0.381 e. The van der Waals surface area contributed by atoms with Crippen LogP contribution in [0.2, 0.25) is 5.02 Å². The number of hydrogen-bond acceptors (Lipinski definition) is 5. The van der Waals surface area contributed by atoms with Crippen molar-refractivity contribution in [2.45, 2.75) is 40.7 Å². The van der Waals surface area contributed by atoms with Crippen LogP contribution in [0.5, 0.6) is 0 Å². The van der Waals surface area contributed by atoms with Gasteiger partial charge in [0.25, 0.3) is 0 Å². The van der Waals surface area contributed by atoms with E-state index in [4.69, 9.17) is 16.3 Å². The van der Waals surface area contributed by atoms with E-state index in [0.29, 0.717) is 24.0 Å². The minimum absolute atomic E-state index is 0.0635. The van der Waals surface area contributed by atoms with Gasteiger partial charge in [-0.15, -0.1) is 5.10 Å². The third-order valence-electron chi connectivity index (χ3n) is 5.78. The van der Waals surface area contributed by atoms with Gasteiger partial charge in [-0.05, 0) is 48.6 Å². The smallest absolute Gasteiger partial charge is 0.350 e. The molecule has 1 aliphatic rings. The molecule has 0 unspecified atom stereocenters. The first-order valence-corrected chi connectivity index (χ1v) is 13.1. The van der Waals surface area contributed by atoms with Gasteiger partial charge in [0.05, 0.1) is 0 Å². The first-order valence-electron chi connectivity index (χ1n) is 12.7. The zero-order chi connectivity index (χ0) is 25.2. The van der Waals surface area contributed by atoms with Crippen molar-refractivity contribution < 1.29 is 4.74 Å². The van der Waals surface area contributed by atoms with Gasteiger partial charge in [0, 0.05) is 69.4 Å². The summed E-state index contributed by atoms with van der Waals surface area (Å²) < 4.78 is 8.51. The van der Waals surface area contributed by atoms with Crippen LogP contribution in [0.3, 0.4) is 0 Å². The van der Waals surface area contributed by atoms with Crippen LogP contribution in [0.25, 0.3) is 5.65 Å². The summed E-state index contributed by atoms with van der Waals surface area (Å²) >= 11 is 6.09. The summed E-state index contributed by atoms with van der Waals surface area (Å²) in [6.45, 7) is 16.1. The molecule has 0 spiro atoms. The SMILES string of the molecule is CC(C)COCC(C)C.O=c1n(CCCN2CCN(c3cccc(Cl)c3)CC2)nc2ccccn12. The Morgan fingerprint density at radius 1 is 0.943 bits per heavy atom. The number of aryl methyl sites for hydroxylation is 1. The summed E-state index contributed by atoms with van der Waals surface area (Å²) in [6.07, 6.45) is 2.68. The van der Waals surface area contributed by atoms with Gasteiger partial charge in [-0.25, -0.2) is 9.48 Å². The average Bonchev–Trinajstić information content (AvgIpc) is 3.15. The maximum absolute atomic E-state index is 12.3. The van der Waals surface area contributed by atoms with Crippen LogP contribution in [-0.4, -0.2) is 65.0 Å². The fourth-order valence-corrected chi connectivity index (χ4v) is 4.18. The summed E-state index contributed by atoms with van der Waals surface area (Å²) in [5, 5.41) is 5.16. The molecule has 0 aliphatic carbocycles. The van der Waals surface area contributed by atoms with Gasteiger partial charge in [-0.3, -0.25) is 9.30 Å². The van der Waals surface area contributed by atoms with Crippen LogP contribution in [-0.2, 0) is 11.3 Å². The number of pyridine rings is 1. The first kappa shape index (κ1) is 27.2. The van der Waals surface area contributed by atoms with Crippen molar-refractivity contribution in [2.75, 3.05) is 50.8 Å². The molecule has 7 nitrogen and oxygen atoms in total. The highest BCUT2D eigenvalue weighted by molar-refractivity contribution is 6.30. The lowest BCUT2D eigenvalue weighted by Crippen LogP contribution is -2.46. The van der Waals surface area contributed by atoms with E-state index in [1.54, 1.807) is 15.3 Å². The summed E-state index contributed by atoms with van der Waals surface area (Å²) in [7, 11) is 0. The Bertz CT molecular complexity index is 1080. The van der Waals surface area contributed by atoms with Crippen molar-refractivity contribution >= 4 is 22.9 Å². The number of piperazine rings is 1. The van der Waals surface area contributed by atoms with Crippen LogP contribution in [0.1, 0.15) is 34.1 Å². The van der Waals surface area contributed by atoms with Gasteiger partial charge in [-0.2, -0.15) is 0 Å². The van der Waals surface area contributed by atoms with Gasteiger partial charge in [0.15, 0.2) is 5.65 Å². The van der Waals surface area contributed by atoms with E-state index in [0.717, 1.165) is 57.4 Å². The second kappa shape index (κ2) is 13.7. The minimum atomic E-state index is -0.0635. The third-order valence-corrected chi connectivity index (χ3v) is 6.02. The Labute approximate surface area is 214 Å². The molecule has 0 N–H and O–H groups in total. The zero-order valence-corrected chi connectivity index (χ0v) is 22.3. The van der Waals surface area contributed by atoms with Crippen molar-refractivity contribution in [3.8, 4) is 0 Å². The van der Waals surface area contributed by atoms with Crippen LogP contribution >= 0.6 is 11.6 Å². The van der Waals surface area contributed by atoms with Crippen molar-refractivity contribution in [2.24, 2.45) is 11.8 Å². The number of rotatable bonds is 9. The largest absolute Gasteiger partial charge is 0.381 e. The van der Waals surface area contributed by atoms with Crippen molar-refractivity contribution in [1.29, 1.82) is 0 Å². The monoisotopic (exact) mass is 501 g/mol. The molecule has 192 valence electrons. The molecule has 3 heterocycles. The second-order valence-corrected chi connectivity index (χ2v) is 10.4. The Kier molecular flexibility index (Phi) is 10.6. The molecule has 0 radical (unpaired) electrons. The normalized spacial score (nSPS) is 14.5. The molecule has 0 saturated carbocycles. The highest BCUT2D eigenvalue weighted by Crippen LogP contribution is 2.20. The molecule has 0 atom stereocenters. The second-order valence-electron chi connectivity index (χ2n) is 9.92. The van der Waals surface area contributed by atoms with Gasteiger partial charge in [0.2, 0.25) is 0 Å². The maximum atomic E-state index is 12.3. The number of hydrogen-bond donors (Lipinski definition) is 0. The summed E-state index contributed by atoms with van der Waals surface area (Å²) in [5.41, 5.74) is 1.83. The van der Waals surface area contributed by atoms with Crippen molar-refractivity contribution in [1.82, 2.24) is 19.1 Å². The van der Waals surface area contributed by atoms with E-state index in [1.807, 2.05) is 36.4 Å². The third kappa shape index (κ3) is 8.67. The highest BCUT2D eigenvalue weighted by atomic mass is 35.5. The van der Waals surface area contributed by atoms with E-state index in [9.17, 15) is 4.79 Å². The number of fused-ring (bicyclic) bond motifs is 1. The van der Waals surface area contributed by atoms with E-state index < -0.39 is 0 Å². The standard InChI is InChI=1S/C19H22ClN5O.C8H18O/c20-16-5-3-6-17(15-16)23-13-11-22(12-14-23)8-4-10-25-19(26)24-9-2-1-7-18(24)21-25;1-7(2)5-9-6-8(3)4/h1-3,5-7,9,15H,4,8,10-14H2;7-8H,5-6H2,1-4H3. The fourth-order valence-electron chi connectivity index (χ4n) is 4.00. The number of ether oxygens (including phenoxy) is 1. The topological polar surface area (TPSA) is 55.0 Å². The predicted molar refractivity (Wildman–Crippen MR) is 145 cm³/mol. The molecule has 0 amide bonds. The molecule has 8 heteroatoms. The fraction of sp³-hybridized carbons (Fsp3) is 0.556. The zero-order valence-electron chi connectivity index (χ0n) is 21.6.